The highest BCUT2D eigenvalue weighted by atomic mass is 16.2. The Kier molecular flexibility index (Phi) is 4.50. The molecule has 0 aromatic heterocycles. The third-order valence-corrected chi connectivity index (χ3v) is 3.44. The van der Waals surface area contributed by atoms with Gasteiger partial charge in [-0.1, -0.05) is 31.2 Å². The smallest absolute Gasteiger partial charge is 0.246 e. The van der Waals surface area contributed by atoms with Crippen LogP contribution in [-0.2, 0) is 16.0 Å². The number of Topliss-reactive ketones (excluding diaryl/α,β-unsaturated/α-hetero) is 1. The monoisotopic (exact) mass is 257 g/mol. The number of aryl methyl sites for hydroxylation is 1. The van der Waals surface area contributed by atoms with Crippen LogP contribution < -0.4 is 0 Å². The van der Waals surface area contributed by atoms with E-state index in [0.29, 0.717) is 25.9 Å². The van der Waals surface area contributed by atoms with Gasteiger partial charge in [-0.05, 0) is 23.6 Å². The van der Waals surface area contributed by atoms with Crippen LogP contribution in [0.3, 0.4) is 0 Å². The van der Waals surface area contributed by atoms with Gasteiger partial charge in [0.1, 0.15) is 5.78 Å². The molecule has 3 heteroatoms. The molecule has 1 aromatic rings. The SMILES string of the molecule is CCc1ccc(/C=C/C(=O)N2CCC(=O)CC2)cc1. The Balaban J connectivity index is 1.93. The van der Waals surface area contributed by atoms with Gasteiger partial charge in [0.2, 0.25) is 5.91 Å². The molecule has 0 saturated carbocycles. The molecule has 0 bridgehead atoms. The van der Waals surface area contributed by atoms with E-state index in [1.807, 2.05) is 18.2 Å². The first kappa shape index (κ1) is 13.5. The lowest BCUT2D eigenvalue weighted by Crippen LogP contribution is -2.37. The average Bonchev–Trinajstić information content (AvgIpc) is 2.46. The van der Waals surface area contributed by atoms with E-state index in [1.165, 1.54) is 5.56 Å². The molecule has 0 spiro atoms. The predicted molar refractivity (Wildman–Crippen MR) is 75.7 cm³/mol. The number of carbonyl (C=O) groups is 2. The normalized spacial score (nSPS) is 16.1. The van der Waals surface area contributed by atoms with Crippen LogP contribution in [0.1, 0.15) is 30.9 Å². The Bertz CT molecular complexity index is 478. The van der Waals surface area contributed by atoms with Crippen LogP contribution in [0.5, 0.6) is 0 Å². The molecule has 1 aliphatic heterocycles. The van der Waals surface area contributed by atoms with Crippen LogP contribution in [0.15, 0.2) is 30.3 Å². The van der Waals surface area contributed by atoms with Gasteiger partial charge in [0.15, 0.2) is 0 Å². The van der Waals surface area contributed by atoms with Gasteiger partial charge in [-0.15, -0.1) is 0 Å². The van der Waals surface area contributed by atoms with Gasteiger partial charge in [0.05, 0.1) is 0 Å². The molecule has 0 unspecified atom stereocenters. The van der Waals surface area contributed by atoms with Gasteiger partial charge in [0, 0.05) is 32.0 Å². The third-order valence-electron chi connectivity index (χ3n) is 3.44. The summed E-state index contributed by atoms with van der Waals surface area (Å²) in [6.07, 6.45) is 5.43. The lowest BCUT2D eigenvalue weighted by molar-refractivity contribution is -0.130. The van der Waals surface area contributed by atoms with Gasteiger partial charge < -0.3 is 4.90 Å². The summed E-state index contributed by atoms with van der Waals surface area (Å²) in [5, 5.41) is 0. The van der Waals surface area contributed by atoms with Crippen molar-refractivity contribution in [3.63, 3.8) is 0 Å². The number of piperidine rings is 1. The maximum atomic E-state index is 11.9. The second kappa shape index (κ2) is 6.32. The molecule has 0 atom stereocenters. The van der Waals surface area contributed by atoms with Gasteiger partial charge in [-0.2, -0.15) is 0 Å². The van der Waals surface area contributed by atoms with E-state index < -0.39 is 0 Å². The van der Waals surface area contributed by atoms with Crippen molar-refractivity contribution in [3.05, 3.63) is 41.5 Å². The Labute approximate surface area is 113 Å². The quantitative estimate of drug-likeness (QED) is 0.780. The van der Waals surface area contributed by atoms with E-state index in [2.05, 4.69) is 19.1 Å². The first-order valence-electron chi connectivity index (χ1n) is 6.76. The number of rotatable bonds is 3. The molecule has 19 heavy (non-hydrogen) atoms. The summed E-state index contributed by atoms with van der Waals surface area (Å²) in [6, 6.07) is 8.18. The average molecular weight is 257 g/mol. The van der Waals surface area contributed by atoms with Crippen molar-refractivity contribution in [2.45, 2.75) is 26.2 Å². The van der Waals surface area contributed by atoms with Crippen molar-refractivity contribution < 1.29 is 9.59 Å². The second-order valence-corrected chi connectivity index (χ2v) is 4.79. The summed E-state index contributed by atoms with van der Waals surface area (Å²) >= 11 is 0. The molecule has 100 valence electrons. The summed E-state index contributed by atoms with van der Waals surface area (Å²) in [4.78, 5) is 24.8. The summed E-state index contributed by atoms with van der Waals surface area (Å²) < 4.78 is 0. The first-order valence-corrected chi connectivity index (χ1v) is 6.76. The molecule has 1 aromatic carbocycles. The summed E-state index contributed by atoms with van der Waals surface area (Å²) in [6.45, 7) is 3.22. The molecule has 2 rings (SSSR count). The number of nitrogens with zero attached hydrogens (tertiary/aromatic N) is 1. The minimum atomic E-state index is -0.00734. The lowest BCUT2D eigenvalue weighted by atomic mass is 10.1. The highest BCUT2D eigenvalue weighted by Crippen LogP contribution is 2.09. The highest BCUT2D eigenvalue weighted by molar-refractivity contribution is 5.93. The van der Waals surface area contributed by atoms with E-state index >= 15 is 0 Å². The lowest BCUT2D eigenvalue weighted by Gasteiger charge is -2.24. The van der Waals surface area contributed by atoms with Crippen molar-refractivity contribution in [1.82, 2.24) is 4.90 Å². The third kappa shape index (κ3) is 3.78. The van der Waals surface area contributed by atoms with E-state index in [1.54, 1.807) is 11.0 Å². The molecule has 0 N–H and O–H groups in total. The molecule has 1 saturated heterocycles. The Morgan fingerprint density at radius 1 is 1.21 bits per heavy atom. The van der Waals surface area contributed by atoms with Crippen molar-refractivity contribution in [1.29, 1.82) is 0 Å². The zero-order chi connectivity index (χ0) is 13.7. The molecule has 1 aliphatic rings. The zero-order valence-electron chi connectivity index (χ0n) is 11.3. The zero-order valence-corrected chi connectivity index (χ0v) is 11.3. The number of amides is 1. The van der Waals surface area contributed by atoms with Gasteiger partial charge in [-0.25, -0.2) is 0 Å². The van der Waals surface area contributed by atoms with Crippen LogP contribution in [0.4, 0.5) is 0 Å². The molecule has 0 aliphatic carbocycles. The summed E-state index contributed by atoms with van der Waals surface area (Å²) in [7, 11) is 0. The predicted octanol–water partition coefficient (Wildman–Crippen LogP) is 2.45. The van der Waals surface area contributed by atoms with Crippen molar-refractivity contribution in [2.24, 2.45) is 0 Å². The first-order chi connectivity index (χ1) is 9.19. The fraction of sp³-hybridized carbons (Fsp3) is 0.375. The summed E-state index contributed by atoms with van der Waals surface area (Å²) in [5.41, 5.74) is 2.32. The van der Waals surface area contributed by atoms with Crippen LogP contribution in [-0.4, -0.2) is 29.7 Å². The van der Waals surface area contributed by atoms with Crippen LogP contribution in [0, 0.1) is 0 Å². The Morgan fingerprint density at radius 2 is 1.84 bits per heavy atom. The second-order valence-electron chi connectivity index (χ2n) is 4.79. The number of hydrogen-bond acceptors (Lipinski definition) is 2. The Hall–Kier alpha value is -1.90. The fourth-order valence-corrected chi connectivity index (χ4v) is 2.11. The highest BCUT2D eigenvalue weighted by Gasteiger charge is 2.18. The number of carbonyl (C=O) groups excluding carboxylic acids is 2. The maximum Gasteiger partial charge on any atom is 0.246 e. The number of ketones is 1. The van der Waals surface area contributed by atoms with E-state index in [9.17, 15) is 9.59 Å². The van der Waals surface area contributed by atoms with Gasteiger partial charge >= 0.3 is 0 Å². The van der Waals surface area contributed by atoms with Crippen molar-refractivity contribution in [3.8, 4) is 0 Å². The number of benzene rings is 1. The van der Waals surface area contributed by atoms with Gasteiger partial charge in [-0.3, -0.25) is 9.59 Å². The largest absolute Gasteiger partial charge is 0.338 e. The summed E-state index contributed by atoms with van der Waals surface area (Å²) in [5.74, 6) is 0.246. The van der Waals surface area contributed by atoms with Crippen molar-refractivity contribution in [2.75, 3.05) is 13.1 Å². The molecule has 1 heterocycles. The van der Waals surface area contributed by atoms with E-state index in [4.69, 9.17) is 0 Å². The van der Waals surface area contributed by atoms with Crippen LogP contribution in [0.2, 0.25) is 0 Å². The molecular weight excluding hydrogens is 238 g/mol. The minimum Gasteiger partial charge on any atom is -0.338 e. The Morgan fingerprint density at radius 3 is 2.42 bits per heavy atom. The molecule has 1 amide bonds. The topological polar surface area (TPSA) is 37.4 Å². The minimum absolute atomic E-state index is 0.00734. The molecule has 3 nitrogen and oxygen atoms in total. The number of hydrogen-bond donors (Lipinski definition) is 0. The van der Waals surface area contributed by atoms with E-state index in [-0.39, 0.29) is 11.7 Å². The van der Waals surface area contributed by atoms with E-state index in [0.717, 1.165) is 12.0 Å². The molecule has 0 radical (unpaired) electrons. The van der Waals surface area contributed by atoms with Crippen molar-refractivity contribution >= 4 is 17.8 Å². The van der Waals surface area contributed by atoms with Gasteiger partial charge in [0.25, 0.3) is 0 Å². The maximum absolute atomic E-state index is 11.9. The standard InChI is InChI=1S/C16H19NO2/c1-2-13-3-5-14(6-4-13)7-8-16(19)17-11-9-15(18)10-12-17/h3-8H,2,9-12H2,1H3/b8-7+. The van der Waals surface area contributed by atoms with Crippen LogP contribution in [0.25, 0.3) is 6.08 Å². The van der Waals surface area contributed by atoms with Crippen LogP contribution >= 0.6 is 0 Å². The number of likely N-dealkylation sites (tertiary alicyclic amines) is 1. The molecule has 1 fully saturated rings. The fourth-order valence-electron chi connectivity index (χ4n) is 2.11. The molecular formula is C16H19NO2.